The van der Waals surface area contributed by atoms with Crippen molar-refractivity contribution < 1.29 is 0 Å². The largest absolute Gasteiger partial charge is 0.376 e. The molecule has 3 rings (SSSR count). The van der Waals surface area contributed by atoms with Gasteiger partial charge in [-0.25, -0.2) is 4.98 Å². The molecule has 2 aromatic heterocycles. The lowest BCUT2D eigenvalue weighted by atomic mass is 10.2. The Morgan fingerprint density at radius 1 is 1.21 bits per heavy atom. The zero-order valence-corrected chi connectivity index (χ0v) is 11.5. The van der Waals surface area contributed by atoms with Crippen molar-refractivity contribution in [3.8, 4) is 5.69 Å². The van der Waals surface area contributed by atoms with Gasteiger partial charge < -0.3 is 9.88 Å². The highest BCUT2D eigenvalue weighted by atomic mass is 32.1. The highest BCUT2D eigenvalue weighted by molar-refractivity contribution is 7.10. The number of nitrogens with one attached hydrogen (secondary N) is 1. The van der Waals surface area contributed by atoms with E-state index in [1.54, 1.807) is 17.5 Å². The summed E-state index contributed by atoms with van der Waals surface area (Å²) >= 11 is 1.77. The van der Waals surface area contributed by atoms with Crippen LogP contribution in [0.4, 0.5) is 5.69 Å². The highest BCUT2D eigenvalue weighted by Crippen LogP contribution is 2.26. The average molecular weight is 269 g/mol. The van der Waals surface area contributed by atoms with Crippen molar-refractivity contribution in [2.45, 2.75) is 13.0 Å². The molecule has 96 valence electrons. The molecule has 19 heavy (non-hydrogen) atoms. The molecule has 0 amide bonds. The molecule has 0 radical (unpaired) electrons. The van der Waals surface area contributed by atoms with Gasteiger partial charge in [0, 0.05) is 17.3 Å². The van der Waals surface area contributed by atoms with E-state index >= 15 is 0 Å². The van der Waals surface area contributed by atoms with Crippen molar-refractivity contribution in [2.75, 3.05) is 5.32 Å². The van der Waals surface area contributed by atoms with Crippen LogP contribution in [0.1, 0.15) is 17.8 Å². The molecule has 0 saturated heterocycles. The highest BCUT2D eigenvalue weighted by Gasteiger charge is 2.09. The Balaban J connectivity index is 1.89. The van der Waals surface area contributed by atoms with Crippen LogP contribution >= 0.6 is 11.3 Å². The van der Waals surface area contributed by atoms with Crippen LogP contribution in [0.25, 0.3) is 5.69 Å². The summed E-state index contributed by atoms with van der Waals surface area (Å²) < 4.78 is 2.02. The van der Waals surface area contributed by atoms with Crippen molar-refractivity contribution in [2.24, 2.45) is 0 Å². The number of hydrogen-bond donors (Lipinski definition) is 1. The molecule has 1 atom stereocenters. The first-order valence-corrected chi connectivity index (χ1v) is 7.10. The van der Waals surface area contributed by atoms with Gasteiger partial charge in [0.2, 0.25) is 0 Å². The van der Waals surface area contributed by atoms with Crippen molar-refractivity contribution >= 4 is 17.0 Å². The molecule has 0 saturated carbocycles. The number of nitrogens with zero attached hydrogens (tertiary/aromatic N) is 2. The fourth-order valence-corrected chi connectivity index (χ4v) is 2.80. The summed E-state index contributed by atoms with van der Waals surface area (Å²) in [6.07, 6.45) is 5.56. The van der Waals surface area contributed by atoms with Crippen LogP contribution in [0.5, 0.6) is 0 Å². The maximum atomic E-state index is 4.11. The summed E-state index contributed by atoms with van der Waals surface area (Å²) in [6, 6.07) is 12.8. The predicted octanol–water partition coefficient (Wildman–Crippen LogP) is 4.11. The standard InChI is InChI=1S/C15H15N3S/c1-12(15-7-4-10-19-15)17-13-5-2-3-6-14(13)18-9-8-16-11-18/h2-12,17H,1H3. The van der Waals surface area contributed by atoms with E-state index in [9.17, 15) is 0 Å². The second-order valence-corrected chi connectivity index (χ2v) is 5.35. The molecule has 4 heteroatoms. The topological polar surface area (TPSA) is 29.9 Å². The average Bonchev–Trinajstić information content (AvgIpc) is 3.13. The Hall–Kier alpha value is -2.07. The molecule has 1 N–H and O–H groups in total. The molecule has 1 aromatic carbocycles. The Labute approximate surface area is 116 Å². The molecule has 2 heterocycles. The minimum Gasteiger partial charge on any atom is -0.376 e. The lowest BCUT2D eigenvalue weighted by molar-refractivity contribution is 0.901. The number of aromatic nitrogens is 2. The van der Waals surface area contributed by atoms with Gasteiger partial charge in [-0.1, -0.05) is 18.2 Å². The number of hydrogen-bond acceptors (Lipinski definition) is 3. The van der Waals surface area contributed by atoms with Gasteiger partial charge in [-0.15, -0.1) is 11.3 Å². The Kier molecular flexibility index (Phi) is 3.33. The van der Waals surface area contributed by atoms with Crippen LogP contribution in [-0.4, -0.2) is 9.55 Å². The van der Waals surface area contributed by atoms with Crippen LogP contribution < -0.4 is 5.32 Å². The molecule has 0 aliphatic carbocycles. The fraction of sp³-hybridized carbons (Fsp3) is 0.133. The molecule has 0 fully saturated rings. The maximum Gasteiger partial charge on any atom is 0.0992 e. The number of imidazole rings is 1. The maximum absolute atomic E-state index is 4.11. The molecule has 3 aromatic rings. The van der Waals surface area contributed by atoms with Gasteiger partial charge in [0.1, 0.15) is 0 Å². The molecule has 0 aliphatic rings. The van der Waals surface area contributed by atoms with E-state index in [0.29, 0.717) is 6.04 Å². The first kappa shape index (κ1) is 12.0. The van der Waals surface area contributed by atoms with Gasteiger partial charge in [0.05, 0.1) is 23.7 Å². The summed E-state index contributed by atoms with van der Waals surface area (Å²) in [7, 11) is 0. The third-order valence-corrected chi connectivity index (χ3v) is 4.08. The van der Waals surface area contributed by atoms with Crippen LogP contribution in [0, 0.1) is 0 Å². The van der Waals surface area contributed by atoms with Crippen LogP contribution in [-0.2, 0) is 0 Å². The fourth-order valence-electron chi connectivity index (χ4n) is 2.06. The monoisotopic (exact) mass is 269 g/mol. The van der Waals surface area contributed by atoms with Crippen molar-refractivity contribution in [3.05, 3.63) is 65.4 Å². The summed E-state index contributed by atoms with van der Waals surface area (Å²) in [5, 5.41) is 5.67. The Bertz CT molecular complexity index is 629. The molecular weight excluding hydrogens is 254 g/mol. The molecule has 0 spiro atoms. The van der Waals surface area contributed by atoms with Crippen molar-refractivity contribution in [3.63, 3.8) is 0 Å². The number of benzene rings is 1. The van der Waals surface area contributed by atoms with Gasteiger partial charge in [0.15, 0.2) is 0 Å². The minimum absolute atomic E-state index is 0.296. The zero-order valence-electron chi connectivity index (χ0n) is 10.7. The minimum atomic E-state index is 0.296. The normalized spacial score (nSPS) is 12.3. The summed E-state index contributed by atoms with van der Waals surface area (Å²) in [5.74, 6) is 0. The Morgan fingerprint density at radius 3 is 2.84 bits per heavy atom. The molecule has 0 aliphatic heterocycles. The second kappa shape index (κ2) is 5.28. The van der Waals surface area contributed by atoms with E-state index < -0.39 is 0 Å². The van der Waals surface area contributed by atoms with E-state index in [0.717, 1.165) is 11.4 Å². The van der Waals surface area contributed by atoms with Crippen molar-refractivity contribution in [1.29, 1.82) is 0 Å². The van der Waals surface area contributed by atoms with Crippen LogP contribution in [0.2, 0.25) is 0 Å². The van der Waals surface area contributed by atoms with Gasteiger partial charge >= 0.3 is 0 Å². The lowest BCUT2D eigenvalue weighted by Crippen LogP contribution is -2.07. The van der Waals surface area contributed by atoms with Crippen molar-refractivity contribution in [1.82, 2.24) is 9.55 Å². The molecular formula is C15H15N3S. The lowest BCUT2D eigenvalue weighted by Gasteiger charge is -2.17. The van der Waals surface area contributed by atoms with E-state index in [2.05, 4.69) is 46.9 Å². The van der Waals surface area contributed by atoms with Gasteiger partial charge in [-0.3, -0.25) is 0 Å². The number of rotatable bonds is 4. The predicted molar refractivity (Wildman–Crippen MR) is 79.9 cm³/mol. The SMILES string of the molecule is CC(Nc1ccccc1-n1ccnc1)c1cccs1. The van der Waals surface area contributed by atoms with E-state index in [1.807, 2.05) is 29.2 Å². The van der Waals surface area contributed by atoms with Gasteiger partial charge in [-0.05, 0) is 30.5 Å². The van der Waals surface area contributed by atoms with E-state index in [1.165, 1.54) is 4.88 Å². The van der Waals surface area contributed by atoms with Crippen LogP contribution in [0.15, 0.2) is 60.5 Å². The summed E-state index contributed by atoms with van der Waals surface area (Å²) in [5.41, 5.74) is 2.23. The second-order valence-electron chi connectivity index (χ2n) is 4.37. The van der Waals surface area contributed by atoms with E-state index in [4.69, 9.17) is 0 Å². The Morgan fingerprint density at radius 2 is 2.11 bits per heavy atom. The molecule has 3 nitrogen and oxygen atoms in total. The molecule has 0 bridgehead atoms. The summed E-state index contributed by atoms with van der Waals surface area (Å²) in [4.78, 5) is 5.44. The quantitative estimate of drug-likeness (QED) is 0.772. The zero-order chi connectivity index (χ0) is 13.1. The number of para-hydroxylation sites is 2. The number of anilines is 1. The first-order valence-electron chi connectivity index (χ1n) is 6.22. The smallest absolute Gasteiger partial charge is 0.0992 e. The van der Waals surface area contributed by atoms with E-state index in [-0.39, 0.29) is 0 Å². The van der Waals surface area contributed by atoms with Crippen LogP contribution in [0.3, 0.4) is 0 Å². The summed E-state index contributed by atoms with van der Waals surface area (Å²) in [6.45, 7) is 2.18. The third kappa shape index (κ3) is 2.53. The first-order chi connectivity index (χ1) is 9.34. The number of thiophene rings is 1. The van der Waals surface area contributed by atoms with Gasteiger partial charge in [-0.2, -0.15) is 0 Å². The van der Waals surface area contributed by atoms with Gasteiger partial charge in [0.25, 0.3) is 0 Å². The third-order valence-electron chi connectivity index (χ3n) is 3.03. The molecule has 1 unspecified atom stereocenters.